The van der Waals surface area contributed by atoms with E-state index in [0.29, 0.717) is 23.7 Å². The molecule has 136 valence electrons. The van der Waals surface area contributed by atoms with Gasteiger partial charge < -0.3 is 19.9 Å². The molecule has 25 heavy (non-hydrogen) atoms. The van der Waals surface area contributed by atoms with Crippen molar-refractivity contribution in [1.29, 1.82) is 0 Å². The molecule has 0 saturated carbocycles. The van der Waals surface area contributed by atoms with E-state index in [4.69, 9.17) is 16.3 Å². The van der Waals surface area contributed by atoms with Crippen LogP contribution in [-0.4, -0.2) is 36.1 Å². The first kappa shape index (κ1) is 19.9. The van der Waals surface area contributed by atoms with E-state index >= 15 is 0 Å². The molecule has 0 amide bonds. The summed E-state index contributed by atoms with van der Waals surface area (Å²) in [6.07, 6.45) is 0.811. The summed E-state index contributed by atoms with van der Waals surface area (Å²) in [6, 6.07) is 12.3. The molecule has 0 aliphatic rings. The lowest BCUT2D eigenvalue weighted by Crippen LogP contribution is -2.26. The summed E-state index contributed by atoms with van der Waals surface area (Å²) in [7, 11) is 3.49. The van der Waals surface area contributed by atoms with E-state index in [-0.39, 0.29) is 10.9 Å². The fraction of sp³-hybridized carbons (Fsp3) is 0.333. The largest absolute Gasteiger partial charge is 0.768 e. The van der Waals surface area contributed by atoms with Crippen molar-refractivity contribution in [2.75, 3.05) is 32.6 Å². The van der Waals surface area contributed by atoms with Gasteiger partial charge in [0, 0.05) is 36.4 Å². The normalized spacial score (nSPS) is 13.4. The van der Waals surface area contributed by atoms with E-state index in [1.807, 2.05) is 31.3 Å². The van der Waals surface area contributed by atoms with Crippen molar-refractivity contribution < 1.29 is 13.5 Å². The Hall–Kier alpha value is -1.44. The molecule has 2 aromatic carbocycles. The van der Waals surface area contributed by atoms with E-state index in [1.54, 1.807) is 19.2 Å². The van der Waals surface area contributed by atoms with Gasteiger partial charge in [0.25, 0.3) is 0 Å². The summed E-state index contributed by atoms with van der Waals surface area (Å²) in [5.74, 6) is 0. The zero-order valence-corrected chi connectivity index (χ0v) is 15.8. The van der Waals surface area contributed by atoms with Gasteiger partial charge in [0.05, 0.1) is 6.04 Å². The number of anilines is 1. The molecule has 0 aromatic heterocycles. The summed E-state index contributed by atoms with van der Waals surface area (Å²) in [6.45, 7) is 1.30. The minimum absolute atomic E-state index is 0.236. The van der Waals surface area contributed by atoms with Gasteiger partial charge in [-0.1, -0.05) is 29.8 Å². The van der Waals surface area contributed by atoms with Crippen LogP contribution in [0.3, 0.4) is 0 Å². The smallest absolute Gasteiger partial charge is 0.0609 e. The molecule has 5 nitrogen and oxygen atoms in total. The Balaban J connectivity index is 2.48. The van der Waals surface area contributed by atoms with Crippen LogP contribution in [0.5, 0.6) is 0 Å². The maximum atomic E-state index is 11.7. The quantitative estimate of drug-likeness (QED) is 0.514. The van der Waals surface area contributed by atoms with Gasteiger partial charge in [-0.05, 0) is 59.4 Å². The first-order chi connectivity index (χ1) is 12.1. The van der Waals surface area contributed by atoms with Crippen LogP contribution in [-0.2, 0) is 15.8 Å². The molecule has 0 aliphatic carbocycles. The van der Waals surface area contributed by atoms with Crippen molar-refractivity contribution in [1.82, 2.24) is 5.32 Å². The second kappa shape index (κ2) is 9.89. The van der Waals surface area contributed by atoms with Crippen LogP contribution in [0.1, 0.15) is 23.6 Å². The number of nitrogens with one attached hydrogen (secondary N) is 2. The Morgan fingerprint density at radius 1 is 1.24 bits per heavy atom. The third-order valence-electron chi connectivity index (χ3n) is 3.88. The van der Waals surface area contributed by atoms with Gasteiger partial charge in [-0.25, -0.2) is 0 Å². The highest BCUT2D eigenvalue weighted by molar-refractivity contribution is 7.79. The topological polar surface area (TPSA) is 73.4 Å². The SMILES string of the molecule is CNc1ccccc1C(NCCCOC)c1cc(Cl)ccc1S(=O)[O-]. The summed E-state index contributed by atoms with van der Waals surface area (Å²) >= 11 is 3.79. The summed E-state index contributed by atoms with van der Waals surface area (Å²) in [5, 5.41) is 7.09. The monoisotopic (exact) mass is 381 g/mol. The van der Waals surface area contributed by atoms with Crippen LogP contribution in [0.4, 0.5) is 5.69 Å². The van der Waals surface area contributed by atoms with Crippen molar-refractivity contribution in [2.45, 2.75) is 17.4 Å². The van der Waals surface area contributed by atoms with E-state index in [1.165, 1.54) is 6.07 Å². The highest BCUT2D eigenvalue weighted by Gasteiger charge is 2.20. The van der Waals surface area contributed by atoms with Gasteiger partial charge >= 0.3 is 0 Å². The lowest BCUT2D eigenvalue weighted by molar-refractivity contribution is 0.193. The molecule has 2 atom stereocenters. The Kier molecular flexibility index (Phi) is 7.87. The van der Waals surface area contributed by atoms with E-state index < -0.39 is 11.1 Å². The van der Waals surface area contributed by atoms with E-state index in [2.05, 4.69) is 10.6 Å². The standard InChI is InChI=1S/C18H23ClN2O3S/c1-20-16-7-4-3-6-14(16)18(21-10-5-11-24-2)15-12-13(19)8-9-17(15)25(22)23/h3-4,6-9,12,18,20-21H,5,10-11H2,1-2H3,(H,22,23)/p-1. The Labute approximate surface area is 156 Å². The van der Waals surface area contributed by atoms with Gasteiger partial charge in [-0.3, -0.25) is 4.21 Å². The minimum Gasteiger partial charge on any atom is -0.768 e. The van der Waals surface area contributed by atoms with Gasteiger partial charge in [0.15, 0.2) is 0 Å². The number of methoxy groups -OCH3 is 1. The second-order valence-electron chi connectivity index (χ2n) is 5.49. The molecule has 0 bridgehead atoms. The predicted octanol–water partition coefficient (Wildman–Crippen LogP) is 3.34. The molecule has 7 heteroatoms. The lowest BCUT2D eigenvalue weighted by Gasteiger charge is -2.25. The molecule has 2 unspecified atom stereocenters. The molecular formula is C18H22ClN2O3S-. The van der Waals surface area contributed by atoms with Gasteiger partial charge in [-0.2, -0.15) is 0 Å². The molecular weight excluding hydrogens is 360 g/mol. The van der Waals surface area contributed by atoms with Crippen molar-refractivity contribution in [3.8, 4) is 0 Å². The second-order valence-corrected chi connectivity index (χ2v) is 6.83. The Morgan fingerprint density at radius 3 is 2.68 bits per heavy atom. The minimum atomic E-state index is -2.35. The number of ether oxygens (including phenoxy) is 1. The van der Waals surface area contributed by atoms with Crippen LogP contribution in [0.2, 0.25) is 5.02 Å². The molecule has 0 fully saturated rings. The number of benzene rings is 2. The summed E-state index contributed by atoms with van der Waals surface area (Å²) in [4.78, 5) is 0.236. The number of hydrogen-bond donors (Lipinski definition) is 2. The predicted molar refractivity (Wildman–Crippen MR) is 101 cm³/mol. The van der Waals surface area contributed by atoms with E-state index in [0.717, 1.165) is 17.7 Å². The number of halogens is 1. The van der Waals surface area contributed by atoms with E-state index in [9.17, 15) is 8.76 Å². The van der Waals surface area contributed by atoms with Crippen molar-refractivity contribution >= 4 is 28.4 Å². The van der Waals surface area contributed by atoms with Crippen LogP contribution in [0.25, 0.3) is 0 Å². The van der Waals surface area contributed by atoms with Crippen molar-refractivity contribution in [2.24, 2.45) is 0 Å². The molecule has 0 saturated heterocycles. The first-order valence-corrected chi connectivity index (χ1v) is 9.41. The molecule has 2 rings (SSSR count). The van der Waals surface area contributed by atoms with Crippen molar-refractivity contribution in [3.63, 3.8) is 0 Å². The fourth-order valence-corrected chi connectivity index (χ4v) is 3.45. The maximum absolute atomic E-state index is 11.7. The number of rotatable bonds is 9. The van der Waals surface area contributed by atoms with Crippen LogP contribution in [0, 0.1) is 0 Å². The zero-order valence-electron chi connectivity index (χ0n) is 14.3. The Bertz CT molecular complexity index is 727. The van der Waals surface area contributed by atoms with Crippen molar-refractivity contribution in [3.05, 3.63) is 58.6 Å². The average molecular weight is 382 g/mol. The average Bonchev–Trinajstić information content (AvgIpc) is 2.61. The van der Waals surface area contributed by atoms with Crippen LogP contribution in [0.15, 0.2) is 47.4 Å². The van der Waals surface area contributed by atoms with Crippen LogP contribution >= 0.6 is 11.6 Å². The molecule has 0 radical (unpaired) electrons. The maximum Gasteiger partial charge on any atom is 0.0609 e. The first-order valence-electron chi connectivity index (χ1n) is 7.96. The molecule has 2 aromatic rings. The number of hydrogen-bond acceptors (Lipinski definition) is 5. The van der Waals surface area contributed by atoms with Crippen LogP contribution < -0.4 is 10.6 Å². The summed E-state index contributed by atoms with van der Waals surface area (Å²) < 4.78 is 28.5. The Morgan fingerprint density at radius 2 is 2.00 bits per heavy atom. The summed E-state index contributed by atoms with van der Waals surface area (Å²) in [5.41, 5.74) is 2.51. The lowest BCUT2D eigenvalue weighted by atomic mass is 9.96. The third kappa shape index (κ3) is 5.26. The number of para-hydroxylation sites is 1. The molecule has 2 N–H and O–H groups in total. The zero-order chi connectivity index (χ0) is 18.2. The van der Waals surface area contributed by atoms with Gasteiger partial charge in [0.1, 0.15) is 0 Å². The molecule has 0 spiro atoms. The third-order valence-corrected chi connectivity index (χ3v) is 4.84. The highest BCUT2D eigenvalue weighted by Crippen LogP contribution is 2.33. The molecule has 0 aliphatic heterocycles. The van der Waals surface area contributed by atoms with Gasteiger partial charge in [-0.15, -0.1) is 0 Å². The fourth-order valence-electron chi connectivity index (χ4n) is 2.72. The molecule has 0 heterocycles. The highest BCUT2D eigenvalue weighted by atomic mass is 35.5. The van der Waals surface area contributed by atoms with Gasteiger partial charge in [0.2, 0.25) is 0 Å².